The van der Waals surface area contributed by atoms with E-state index in [0.717, 1.165) is 17.7 Å². The molecule has 0 bridgehead atoms. The fraction of sp³-hybridized carbons (Fsp3) is 0.500. The number of carboxylic acids is 1. The Morgan fingerprint density at radius 1 is 1.44 bits per heavy atom. The first kappa shape index (κ1) is 14.5. The second-order valence-corrected chi connectivity index (χ2v) is 4.55. The predicted octanol–water partition coefficient (Wildman–Crippen LogP) is 2.04. The average molecular weight is 251 g/mol. The number of ether oxygens (including phenoxy) is 1. The lowest BCUT2D eigenvalue weighted by Crippen LogP contribution is -2.24. The molecule has 0 aromatic heterocycles. The molecule has 0 unspecified atom stereocenters. The zero-order chi connectivity index (χ0) is 13.5. The molecule has 1 rings (SSSR count). The molecule has 0 amide bonds. The Balaban J connectivity index is 2.66. The summed E-state index contributed by atoms with van der Waals surface area (Å²) in [6.07, 6.45) is 0.761. The molecule has 1 aromatic rings. The summed E-state index contributed by atoms with van der Waals surface area (Å²) in [4.78, 5) is 10.4. The van der Waals surface area contributed by atoms with Crippen molar-refractivity contribution in [2.75, 3.05) is 20.2 Å². The zero-order valence-electron chi connectivity index (χ0n) is 11.2. The lowest BCUT2D eigenvalue weighted by atomic mass is 9.99. The molecule has 4 heteroatoms. The van der Waals surface area contributed by atoms with E-state index in [1.807, 2.05) is 6.07 Å². The molecule has 0 saturated carbocycles. The molecule has 1 aromatic carbocycles. The van der Waals surface area contributed by atoms with Gasteiger partial charge in [-0.2, -0.15) is 0 Å². The van der Waals surface area contributed by atoms with Crippen LogP contribution < -0.4 is 10.1 Å². The molecular formula is C14H21NO3. The third-order valence-electron chi connectivity index (χ3n) is 2.82. The Morgan fingerprint density at radius 2 is 2.17 bits per heavy atom. The van der Waals surface area contributed by atoms with Gasteiger partial charge in [0, 0.05) is 0 Å². The van der Waals surface area contributed by atoms with Gasteiger partial charge in [-0.1, -0.05) is 26.0 Å². The maximum Gasteiger partial charge on any atom is 0.317 e. The van der Waals surface area contributed by atoms with Gasteiger partial charge in [0.05, 0.1) is 13.7 Å². The van der Waals surface area contributed by atoms with E-state index in [2.05, 4.69) is 31.3 Å². The first-order valence-electron chi connectivity index (χ1n) is 6.14. The molecule has 18 heavy (non-hydrogen) atoms. The van der Waals surface area contributed by atoms with Gasteiger partial charge in [-0.15, -0.1) is 0 Å². The van der Waals surface area contributed by atoms with Crippen LogP contribution in [0.15, 0.2) is 18.2 Å². The van der Waals surface area contributed by atoms with Crippen molar-refractivity contribution in [1.29, 1.82) is 0 Å². The lowest BCUT2D eigenvalue weighted by molar-refractivity contribution is -0.135. The number of carbonyl (C=O) groups is 1. The molecule has 0 heterocycles. The van der Waals surface area contributed by atoms with Crippen molar-refractivity contribution in [3.05, 3.63) is 29.3 Å². The Bertz CT molecular complexity index is 402. The molecule has 4 nitrogen and oxygen atoms in total. The van der Waals surface area contributed by atoms with Crippen LogP contribution in [0.4, 0.5) is 0 Å². The lowest BCUT2D eigenvalue weighted by Gasteiger charge is -2.13. The molecule has 0 aliphatic carbocycles. The first-order valence-corrected chi connectivity index (χ1v) is 6.14. The normalized spacial score (nSPS) is 10.7. The molecule has 0 saturated heterocycles. The Kier molecular flexibility index (Phi) is 5.65. The number of methoxy groups -OCH3 is 1. The monoisotopic (exact) mass is 251 g/mol. The second-order valence-electron chi connectivity index (χ2n) is 4.55. The third kappa shape index (κ3) is 4.37. The predicted molar refractivity (Wildman–Crippen MR) is 71.3 cm³/mol. The summed E-state index contributed by atoms with van der Waals surface area (Å²) >= 11 is 0. The van der Waals surface area contributed by atoms with Crippen molar-refractivity contribution in [3.8, 4) is 5.75 Å². The van der Waals surface area contributed by atoms with Crippen molar-refractivity contribution >= 4 is 5.97 Å². The van der Waals surface area contributed by atoms with Gasteiger partial charge < -0.3 is 15.2 Å². The molecule has 0 aliphatic heterocycles. The molecule has 0 radical (unpaired) electrons. The van der Waals surface area contributed by atoms with E-state index in [1.165, 1.54) is 5.56 Å². The molecule has 100 valence electrons. The van der Waals surface area contributed by atoms with Crippen LogP contribution in [-0.2, 0) is 11.2 Å². The van der Waals surface area contributed by atoms with Crippen molar-refractivity contribution in [1.82, 2.24) is 5.32 Å². The van der Waals surface area contributed by atoms with Crippen molar-refractivity contribution in [3.63, 3.8) is 0 Å². The van der Waals surface area contributed by atoms with Gasteiger partial charge >= 0.3 is 5.97 Å². The number of benzene rings is 1. The second kappa shape index (κ2) is 7.01. The maximum absolute atomic E-state index is 10.4. The fourth-order valence-electron chi connectivity index (χ4n) is 1.77. The van der Waals surface area contributed by atoms with Crippen LogP contribution in [0.5, 0.6) is 5.75 Å². The van der Waals surface area contributed by atoms with Crippen molar-refractivity contribution in [2.45, 2.75) is 26.2 Å². The van der Waals surface area contributed by atoms with E-state index in [-0.39, 0.29) is 6.54 Å². The molecule has 0 atom stereocenters. The number of carboxylic acid groups (broad SMARTS) is 1. The summed E-state index contributed by atoms with van der Waals surface area (Å²) in [5, 5.41) is 11.4. The molecule has 2 N–H and O–H groups in total. The third-order valence-corrected chi connectivity index (χ3v) is 2.82. The highest BCUT2D eigenvalue weighted by Gasteiger charge is 2.07. The van der Waals surface area contributed by atoms with Gasteiger partial charge in [-0.05, 0) is 36.1 Å². The van der Waals surface area contributed by atoms with Gasteiger partial charge in [0.25, 0.3) is 0 Å². The SMILES string of the molecule is COc1ccc(C(C)C)cc1CCNCC(=O)O. The van der Waals surface area contributed by atoms with Crippen LogP contribution in [-0.4, -0.2) is 31.3 Å². The van der Waals surface area contributed by atoms with Crippen LogP contribution in [0, 0.1) is 0 Å². The van der Waals surface area contributed by atoms with Crippen molar-refractivity contribution in [2.24, 2.45) is 0 Å². The van der Waals surface area contributed by atoms with Gasteiger partial charge in [-0.25, -0.2) is 0 Å². The summed E-state index contributed by atoms with van der Waals surface area (Å²) in [5.74, 6) is 0.496. The Morgan fingerprint density at radius 3 is 2.72 bits per heavy atom. The smallest absolute Gasteiger partial charge is 0.317 e. The zero-order valence-corrected chi connectivity index (χ0v) is 11.2. The number of hydrogen-bond acceptors (Lipinski definition) is 3. The highest BCUT2D eigenvalue weighted by molar-refractivity contribution is 5.68. The van der Waals surface area contributed by atoms with E-state index < -0.39 is 5.97 Å². The van der Waals surface area contributed by atoms with Crippen LogP contribution in [0.1, 0.15) is 30.9 Å². The molecule has 0 spiro atoms. The minimum Gasteiger partial charge on any atom is -0.496 e. The van der Waals surface area contributed by atoms with E-state index in [1.54, 1.807) is 7.11 Å². The molecule has 0 fully saturated rings. The summed E-state index contributed by atoms with van der Waals surface area (Å²) in [7, 11) is 1.65. The highest BCUT2D eigenvalue weighted by Crippen LogP contribution is 2.24. The maximum atomic E-state index is 10.4. The summed E-state index contributed by atoms with van der Waals surface area (Å²) in [6, 6.07) is 6.17. The molecular weight excluding hydrogens is 230 g/mol. The van der Waals surface area contributed by atoms with E-state index in [9.17, 15) is 4.79 Å². The first-order chi connectivity index (χ1) is 8.54. The largest absolute Gasteiger partial charge is 0.496 e. The fourth-order valence-corrected chi connectivity index (χ4v) is 1.77. The Hall–Kier alpha value is -1.55. The van der Waals surface area contributed by atoms with Gasteiger partial charge in [-0.3, -0.25) is 4.79 Å². The Labute approximate surface area is 108 Å². The standard InChI is InChI=1S/C14H21NO3/c1-10(2)11-4-5-13(18-3)12(8-11)6-7-15-9-14(16)17/h4-5,8,10,15H,6-7,9H2,1-3H3,(H,16,17). The minimum absolute atomic E-state index is 0.00775. The number of aliphatic carboxylic acids is 1. The van der Waals surface area contributed by atoms with Gasteiger partial charge in [0.15, 0.2) is 0 Å². The van der Waals surface area contributed by atoms with E-state index in [4.69, 9.17) is 9.84 Å². The summed E-state index contributed by atoms with van der Waals surface area (Å²) in [5.41, 5.74) is 2.38. The summed E-state index contributed by atoms with van der Waals surface area (Å²) < 4.78 is 5.31. The van der Waals surface area contributed by atoms with Crippen molar-refractivity contribution < 1.29 is 14.6 Å². The quantitative estimate of drug-likeness (QED) is 0.728. The molecule has 0 aliphatic rings. The van der Waals surface area contributed by atoms with Crippen LogP contribution in [0.2, 0.25) is 0 Å². The number of nitrogens with one attached hydrogen (secondary N) is 1. The van der Waals surface area contributed by atoms with Crippen LogP contribution >= 0.6 is 0 Å². The summed E-state index contributed by atoms with van der Waals surface area (Å²) in [6.45, 7) is 4.92. The minimum atomic E-state index is -0.835. The highest BCUT2D eigenvalue weighted by atomic mass is 16.5. The van der Waals surface area contributed by atoms with Crippen LogP contribution in [0.3, 0.4) is 0 Å². The topological polar surface area (TPSA) is 58.6 Å². The number of hydrogen-bond donors (Lipinski definition) is 2. The number of rotatable bonds is 7. The van der Waals surface area contributed by atoms with E-state index >= 15 is 0 Å². The average Bonchev–Trinajstić information content (AvgIpc) is 2.34. The van der Waals surface area contributed by atoms with Gasteiger partial charge in [0.2, 0.25) is 0 Å². The van der Waals surface area contributed by atoms with Gasteiger partial charge in [0.1, 0.15) is 5.75 Å². The van der Waals surface area contributed by atoms with E-state index in [0.29, 0.717) is 12.5 Å². The van der Waals surface area contributed by atoms with Crippen LogP contribution in [0.25, 0.3) is 0 Å².